The number of hydrogen-bond acceptors (Lipinski definition) is 24. The lowest BCUT2D eigenvalue weighted by Gasteiger charge is -2.33. The van der Waals surface area contributed by atoms with E-state index >= 15 is 18.3 Å². The fraction of sp³-hybridized carbons (Fsp3) is 0.257. The van der Waals surface area contributed by atoms with Gasteiger partial charge in [-0.15, -0.1) is 0 Å². The summed E-state index contributed by atoms with van der Waals surface area (Å²) in [5.74, 6) is -6.31. The molecule has 0 fully saturated rings. The van der Waals surface area contributed by atoms with Gasteiger partial charge in [0.1, 0.15) is 0 Å². The first-order valence-electron chi connectivity index (χ1n) is 46.0. The maximum Gasteiger partial charge on any atom is 0.308 e. The Balaban J connectivity index is 0.779. The van der Waals surface area contributed by atoms with E-state index in [4.69, 9.17) is 37.9 Å². The van der Waals surface area contributed by atoms with E-state index < -0.39 is 208 Å². The second-order valence-electron chi connectivity index (χ2n) is 34.9. The minimum atomic E-state index is -4.07. The monoisotopic (exact) mass is 1980 g/mol. The molecule has 0 N–H and O–H groups in total. The van der Waals surface area contributed by atoms with Crippen molar-refractivity contribution in [2.45, 2.75) is 109 Å². The van der Waals surface area contributed by atoms with Crippen molar-refractivity contribution in [3.05, 3.63) is 378 Å². The van der Waals surface area contributed by atoms with E-state index in [1.165, 1.54) is 0 Å². The van der Waals surface area contributed by atoms with Crippen LogP contribution in [0.5, 0.6) is 0 Å². The molecule has 0 radical (unpaired) electrons. The van der Waals surface area contributed by atoms with E-state index in [-0.39, 0.29) is 109 Å². The van der Waals surface area contributed by atoms with Gasteiger partial charge >= 0.3 is 23.9 Å². The molecule has 24 nitrogen and oxygen atoms in total. The van der Waals surface area contributed by atoms with Gasteiger partial charge in [-0.2, -0.15) is 0 Å². The molecule has 0 heterocycles. The first-order valence-corrected chi connectivity index (χ1v) is 52.8. The van der Waals surface area contributed by atoms with Gasteiger partial charge in [-0.3, -0.25) is 57.5 Å². The number of ketones is 4. The molecule has 0 saturated carbocycles. The van der Waals surface area contributed by atoms with Gasteiger partial charge in [-0.25, -0.2) is 0 Å². The number of ether oxygens (including phenoxy) is 8. The summed E-state index contributed by atoms with van der Waals surface area (Å²) >= 11 is 0. The highest BCUT2D eigenvalue weighted by Crippen LogP contribution is 2.53. The van der Waals surface area contributed by atoms with Crippen molar-refractivity contribution in [1.82, 2.24) is 0 Å². The molecule has 728 valence electrons. The summed E-state index contributed by atoms with van der Waals surface area (Å²) in [5.41, 5.74) is 0.854. The summed E-state index contributed by atoms with van der Waals surface area (Å²) in [7, 11) is -16.3. The normalized spacial score (nSPS) is 11.7. The zero-order chi connectivity index (χ0) is 102. The van der Waals surface area contributed by atoms with Crippen LogP contribution in [-0.2, 0) is 75.3 Å². The molecule has 0 aromatic heterocycles. The summed E-state index contributed by atoms with van der Waals surface area (Å²) in [6.45, 7) is 13.1. The maximum absolute atomic E-state index is 15.4. The Morgan fingerprint density at radius 3 is 0.504 bits per heavy atom. The quantitative estimate of drug-likeness (QED) is 0.0112. The molecule has 28 heteroatoms. The van der Waals surface area contributed by atoms with Gasteiger partial charge in [0.15, 0.2) is 26.4 Å². The van der Waals surface area contributed by atoms with Gasteiger partial charge in [0, 0.05) is 86.9 Å². The topological polar surface area (TPSA) is 347 Å². The van der Waals surface area contributed by atoms with Gasteiger partial charge in [0.25, 0.3) is 0 Å². The zero-order valence-corrected chi connectivity index (χ0v) is 84.4. The van der Waals surface area contributed by atoms with Crippen LogP contribution in [0.15, 0.2) is 267 Å². The lowest BCUT2D eigenvalue weighted by molar-refractivity contribution is -0.147. The molecular weight excluding hydrogens is 1870 g/mol. The van der Waals surface area contributed by atoms with E-state index in [1.807, 2.05) is 0 Å². The second kappa shape index (κ2) is 47.7. The molecule has 12 rings (SSSR count). The van der Waals surface area contributed by atoms with Crippen LogP contribution in [0.1, 0.15) is 175 Å². The Bertz CT molecular complexity index is 5940. The molecule has 0 bridgehead atoms. The second-order valence-corrected chi connectivity index (χ2v) is 45.6. The largest absolute Gasteiger partial charge is 0.457 e. The van der Waals surface area contributed by atoms with Crippen LogP contribution in [0.2, 0.25) is 0 Å². The van der Waals surface area contributed by atoms with Gasteiger partial charge in [-0.05, 0) is 150 Å². The van der Waals surface area contributed by atoms with Crippen molar-refractivity contribution >= 4 is 140 Å². The number of carbonyl (C=O) groups excluding carboxylic acids is 12. The average molecular weight is 1980 g/mol. The van der Waals surface area contributed by atoms with E-state index in [1.54, 1.807) is 350 Å². The molecule has 0 aliphatic heterocycles. The third kappa shape index (κ3) is 23.9. The molecule has 0 amide bonds. The van der Waals surface area contributed by atoms with Gasteiger partial charge < -0.3 is 56.2 Å². The number of aryl methyl sites for hydroxylation is 8. The summed E-state index contributed by atoms with van der Waals surface area (Å²) in [4.78, 5) is 173. The summed E-state index contributed by atoms with van der Waals surface area (Å²) in [5, 5.41) is 2.31. The lowest BCUT2D eigenvalue weighted by Crippen LogP contribution is -2.42. The highest BCUT2D eigenvalue weighted by molar-refractivity contribution is 7.95. The Hall–Kier alpha value is -13.4. The summed E-state index contributed by atoms with van der Waals surface area (Å²) in [6, 6.07) is 73.3. The number of hydrogen-bond donors (Lipinski definition) is 0. The average Bonchev–Trinajstić information content (AvgIpc) is 0.758. The molecule has 0 atom stereocenters. The van der Waals surface area contributed by atoms with Crippen molar-refractivity contribution in [3.8, 4) is 0 Å². The lowest BCUT2D eigenvalue weighted by atomic mass is 9.92. The van der Waals surface area contributed by atoms with E-state index in [2.05, 4.69) is 0 Å². The van der Waals surface area contributed by atoms with Crippen LogP contribution in [0, 0.1) is 88.5 Å². The number of Topliss-reactive ketones (excluding diaryl/α,β-unsaturated/α-hetero) is 4. The molecule has 0 saturated heterocycles. The minimum Gasteiger partial charge on any atom is -0.457 e. The third-order valence-electron chi connectivity index (χ3n) is 24.9. The predicted octanol–water partition coefficient (Wildman–Crippen LogP) is 17.6. The standard InChI is InChI=1S/C113H112O24P4/c1-73-61-77(5)105(109(122)138(126,85-37-21-13-22-38-85)86-39-23-14-24-40-86)81(9)101(73)93(114)65-134-97(118)53-57-130-69-113(70-131-58-54-98(119)135-66-94(115)102-74(2)62-78(6)106(82(102)10)110(123)139(127,87-41-25-15-26-42-87)88-43-27-16-28-44-88,71-132-59-55-99(120)136-67-95(116)103-75(3)63-79(7)107(83(103)11)111(124)140(128,89-45-29-17-30-46-89)90-47-31-18-32-48-90)72-133-60-56-100(121)137-68-96(117)104-76(4)64-80(8)108(84(104)12)112(125)141(129,91-49-33-19-34-50-91)92-51-35-20-36-52-92/h13-52,61-64H,53-60,65-72H2,1-12H3. The van der Waals surface area contributed by atoms with Crippen LogP contribution in [-0.4, -0.2) is 148 Å². The van der Waals surface area contributed by atoms with Gasteiger partial charge in [0.05, 0.1) is 84.0 Å². The van der Waals surface area contributed by atoms with Crippen LogP contribution in [0.4, 0.5) is 0 Å². The van der Waals surface area contributed by atoms with Gasteiger partial charge in [0.2, 0.25) is 73.8 Å². The van der Waals surface area contributed by atoms with Crippen molar-refractivity contribution in [1.29, 1.82) is 0 Å². The molecule has 0 spiro atoms. The maximum atomic E-state index is 15.4. The first-order chi connectivity index (χ1) is 67.4. The Morgan fingerprint density at radius 2 is 0.355 bits per heavy atom. The molecule has 12 aromatic rings. The van der Waals surface area contributed by atoms with Crippen molar-refractivity contribution in [2.24, 2.45) is 5.41 Å². The molecule has 0 aliphatic rings. The first kappa shape index (κ1) is 107. The SMILES string of the molecule is Cc1cc(C)c(C(=O)P(=O)(c2ccccc2)c2ccccc2)c(C)c1C(=O)COC(=O)CCOCC(COCCC(=O)OCC(=O)c1c(C)cc(C)c(C(=O)P(=O)(c2ccccc2)c2ccccc2)c1C)(COCCC(=O)OCC(=O)c1c(C)cc(C)c(C(=O)P(=O)(c2ccccc2)c2ccccc2)c1C)COCCC(=O)OCC(=O)c1c(C)cc(C)c(C(=O)P(=O)(c2ccccc2)c2ccccc2)c1C. The summed E-state index contributed by atoms with van der Waals surface area (Å²) < 4.78 is 109. The number of rotatable bonds is 48. The molecule has 141 heavy (non-hydrogen) atoms. The number of benzene rings is 12. The molecule has 0 unspecified atom stereocenters. The number of esters is 4. The fourth-order valence-corrected chi connectivity index (χ4v) is 28.7. The molecule has 12 aromatic carbocycles. The van der Waals surface area contributed by atoms with E-state index in [9.17, 15) is 57.5 Å². The van der Waals surface area contributed by atoms with E-state index in [0.717, 1.165) is 0 Å². The zero-order valence-electron chi connectivity index (χ0n) is 80.8. The van der Waals surface area contributed by atoms with Crippen LogP contribution >= 0.6 is 28.6 Å². The van der Waals surface area contributed by atoms with Crippen LogP contribution < -0.4 is 42.4 Å². The Kier molecular flexibility index (Phi) is 36.1. The number of carbonyl (C=O) groups is 12. The Labute approximate surface area is 820 Å². The smallest absolute Gasteiger partial charge is 0.308 e. The van der Waals surface area contributed by atoms with Crippen LogP contribution in [0.25, 0.3) is 0 Å². The highest BCUT2D eigenvalue weighted by atomic mass is 31.2. The summed E-state index contributed by atoms with van der Waals surface area (Å²) in [6.07, 6.45) is -1.93. The third-order valence-corrected chi connectivity index (χ3v) is 36.2. The van der Waals surface area contributed by atoms with Crippen LogP contribution in [0.3, 0.4) is 0 Å². The highest BCUT2D eigenvalue weighted by Gasteiger charge is 2.45. The minimum absolute atomic E-state index is 0.0701. The predicted molar refractivity (Wildman–Crippen MR) is 544 cm³/mol. The van der Waals surface area contributed by atoms with Crippen molar-refractivity contribution in [3.63, 3.8) is 0 Å². The fourth-order valence-electron chi connectivity index (χ4n) is 18.2. The molecule has 0 aliphatic carbocycles. The van der Waals surface area contributed by atoms with E-state index in [0.29, 0.717) is 44.5 Å². The molecular formula is C113H112O24P4. The van der Waals surface area contributed by atoms with Crippen molar-refractivity contribution < 1.29 is 114 Å². The van der Waals surface area contributed by atoms with Gasteiger partial charge in [-0.1, -0.05) is 267 Å². The van der Waals surface area contributed by atoms with Crippen molar-refractivity contribution in [2.75, 3.05) is 79.3 Å². The Morgan fingerprint density at radius 1 is 0.213 bits per heavy atom.